The van der Waals surface area contributed by atoms with Crippen molar-refractivity contribution in [3.8, 4) is 0 Å². The van der Waals surface area contributed by atoms with E-state index in [1.807, 2.05) is 31.2 Å². The van der Waals surface area contributed by atoms with Crippen LogP contribution in [0.5, 0.6) is 0 Å². The van der Waals surface area contributed by atoms with E-state index in [1.54, 1.807) is 0 Å². The van der Waals surface area contributed by atoms with Crippen LogP contribution < -0.4 is 10.6 Å². The molecule has 162 valence electrons. The Morgan fingerprint density at radius 3 is 2.37 bits per heavy atom. The highest BCUT2D eigenvalue weighted by molar-refractivity contribution is 6.30. The summed E-state index contributed by atoms with van der Waals surface area (Å²) in [4.78, 5) is 11.6. The van der Waals surface area contributed by atoms with Gasteiger partial charge < -0.3 is 24.7 Å². The predicted molar refractivity (Wildman–Crippen MR) is 120 cm³/mol. The Labute approximate surface area is 183 Å². The van der Waals surface area contributed by atoms with Crippen LogP contribution in [0, 0.1) is 6.92 Å². The lowest BCUT2D eigenvalue weighted by Crippen LogP contribution is -2.51. The van der Waals surface area contributed by atoms with Gasteiger partial charge >= 0.3 is 0 Å². The molecule has 1 aromatic heterocycles. The van der Waals surface area contributed by atoms with Crippen molar-refractivity contribution < 1.29 is 9.15 Å². The summed E-state index contributed by atoms with van der Waals surface area (Å²) < 4.78 is 11.4. The molecule has 1 unspecified atom stereocenters. The molecule has 2 aliphatic rings. The van der Waals surface area contributed by atoms with Gasteiger partial charge in [0.25, 0.3) is 0 Å². The van der Waals surface area contributed by atoms with E-state index in [1.165, 1.54) is 5.69 Å². The second-order valence-electron chi connectivity index (χ2n) is 7.76. The number of aryl methyl sites for hydroxylation is 1. The minimum absolute atomic E-state index is 0.0801. The van der Waals surface area contributed by atoms with Crippen molar-refractivity contribution in [2.45, 2.75) is 13.0 Å². The quantitative estimate of drug-likeness (QED) is 0.579. The maximum atomic E-state index is 6.38. The Morgan fingerprint density at radius 1 is 1.03 bits per heavy atom. The number of ether oxygens (including phenoxy) is 1. The van der Waals surface area contributed by atoms with Gasteiger partial charge in [0.2, 0.25) is 0 Å². The van der Waals surface area contributed by atoms with Crippen molar-refractivity contribution in [2.75, 3.05) is 63.9 Å². The first kappa shape index (κ1) is 21.0. The standard InChI is InChI=1S/C22H30ClN5O2/c1-17-2-7-21(30-17)20(27-12-14-29-15-13-27)16-25-22(24)28-10-8-26(9-11-28)19-5-3-18(23)4-6-19/h2-7,20H,8-16H2,1H3,(H2,24,25). The maximum absolute atomic E-state index is 6.38. The Bertz CT molecular complexity index is 839. The number of furan rings is 1. The van der Waals surface area contributed by atoms with Gasteiger partial charge in [-0.2, -0.15) is 0 Å². The van der Waals surface area contributed by atoms with Crippen LogP contribution in [0.25, 0.3) is 0 Å². The second-order valence-corrected chi connectivity index (χ2v) is 8.20. The van der Waals surface area contributed by atoms with E-state index in [4.69, 9.17) is 31.5 Å². The number of hydrogen-bond donors (Lipinski definition) is 1. The molecular formula is C22H30ClN5O2. The summed E-state index contributed by atoms with van der Waals surface area (Å²) in [5.74, 6) is 2.46. The molecule has 8 heteroatoms. The fourth-order valence-electron chi connectivity index (χ4n) is 4.03. The number of rotatable bonds is 5. The molecule has 2 aliphatic heterocycles. The van der Waals surface area contributed by atoms with E-state index < -0.39 is 0 Å². The van der Waals surface area contributed by atoms with Gasteiger partial charge in [0.15, 0.2) is 5.96 Å². The number of piperazine rings is 1. The van der Waals surface area contributed by atoms with Crippen molar-refractivity contribution in [2.24, 2.45) is 10.7 Å². The van der Waals surface area contributed by atoms with Crippen LogP contribution in [0.3, 0.4) is 0 Å². The SMILES string of the molecule is Cc1ccc(C(CN=C(N)N2CCN(c3ccc(Cl)cc3)CC2)N2CCOCC2)o1. The summed E-state index contributed by atoms with van der Waals surface area (Å²) in [6, 6.07) is 12.1. The van der Waals surface area contributed by atoms with E-state index in [0.29, 0.717) is 12.5 Å². The summed E-state index contributed by atoms with van der Waals surface area (Å²) in [5.41, 5.74) is 7.57. The highest BCUT2D eigenvalue weighted by atomic mass is 35.5. The molecule has 2 N–H and O–H groups in total. The number of benzene rings is 1. The van der Waals surface area contributed by atoms with E-state index in [2.05, 4.69) is 26.8 Å². The van der Waals surface area contributed by atoms with Gasteiger partial charge in [-0.25, -0.2) is 0 Å². The number of aliphatic imine (C=N–C) groups is 1. The first-order valence-electron chi connectivity index (χ1n) is 10.5. The third-order valence-corrected chi connectivity index (χ3v) is 6.05. The van der Waals surface area contributed by atoms with E-state index >= 15 is 0 Å². The zero-order chi connectivity index (χ0) is 20.9. The van der Waals surface area contributed by atoms with Crippen LogP contribution in [-0.4, -0.2) is 74.8 Å². The Morgan fingerprint density at radius 2 is 1.73 bits per heavy atom. The lowest BCUT2D eigenvalue weighted by atomic mass is 10.1. The Hall–Kier alpha value is -2.22. The fourth-order valence-corrected chi connectivity index (χ4v) is 4.16. The number of nitrogens with two attached hydrogens (primary N) is 1. The van der Waals surface area contributed by atoms with Gasteiger partial charge in [0, 0.05) is 50.0 Å². The topological polar surface area (TPSA) is 70.5 Å². The molecule has 4 rings (SSSR count). The molecule has 7 nitrogen and oxygen atoms in total. The van der Waals surface area contributed by atoms with Crippen molar-refractivity contribution in [1.29, 1.82) is 0 Å². The molecule has 1 atom stereocenters. The lowest BCUT2D eigenvalue weighted by Gasteiger charge is -2.37. The van der Waals surface area contributed by atoms with Gasteiger partial charge in [0.1, 0.15) is 11.5 Å². The summed E-state index contributed by atoms with van der Waals surface area (Å²) in [6.45, 7) is 9.28. The maximum Gasteiger partial charge on any atom is 0.191 e. The molecule has 0 bridgehead atoms. The number of anilines is 1. The molecule has 30 heavy (non-hydrogen) atoms. The molecular weight excluding hydrogens is 402 g/mol. The predicted octanol–water partition coefficient (Wildman–Crippen LogP) is 2.75. The smallest absolute Gasteiger partial charge is 0.191 e. The monoisotopic (exact) mass is 431 g/mol. The van der Waals surface area contributed by atoms with Crippen LogP contribution >= 0.6 is 11.6 Å². The van der Waals surface area contributed by atoms with Gasteiger partial charge in [-0.3, -0.25) is 9.89 Å². The minimum Gasteiger partial charge on any atom is -0.465 e. The molecule has 0 radical (unpaired) electrons. The summed E-state index contributed by atoms with van der Waals surface area (Å²) in [5, 5.41) is 0.760. The molecule has 0 spiro atoms. The van der Waals surface area contributed by atoms with Gasteiger partial charge in [-0.1, -0.05) is 11.6 Å². The number of halogens is 1. The third kappa shape index (κ3) is 5.09. The molecule has 0 amide bonds. The Kier molecular flexibility index (Phi) is 6.82. The van der Waals surface area contributed by atoms with Crippen molar-refractivity contribution in [3.05, 3.63) is 52.9 Å². The molecule has 0 saturated carbocycles. The largest absolute Gasteiger partial charge is 0.465 e. The van der Waals surface area contributed by atoms with Crippen LogP contribution in [-0.2, 0) is 4.74 Å². The van der Waals surface area contributed by atoms with Crippen molar-refractivity contribution in [3.63, 3.8) is 0 Å². The molecule has 3 heterocycles. The van der Waals surface area contributed by atoms with Gasteiger partial charge in [-0.05, 0) is 43.3 Å². The zero-order valence-corrected chi connectivity index (χ0v) is 18.2. The highest BCUT2D eigenvalue weighted by Crippen LogP contribution is 2.25. The number of hydrogen-bond acceptors (Lipinski definition) is 5. The van der Waals surface area contributed by atoms with Crippen molar-refractivity contribution >= 4 is 23.2 Å². The van der Waals surface area contributed by atoms with Crippen LogP contribution in [0.1, 0.15) is 17.6 Å². The third-order valence-electron chi connectivity index (χ3n) is 5.80. The van der Waals surface area contributed by atoms with Gasteiger partial charge in [0.05, 0.1) is 25.8 Å². The second kappa shape index (κ2) is 9.73. The molecule has 1 aromatic carbocycles. The van der Waals surface area contributed by atoms with E-state index in [0.717, 1.165) is 69.0 Å². The van der Waals surface area contributed by atoms with Crippen LogP contribution in [0.2, 0.25) is 5.02 Å². The number of guanidine groups is 1. The fraction of sp³-hybridized carbons (Fsp3) is 0.500. The van der Waals surface area contributed by atoms with Crippen molar-refractivity contribution in [1.82, 2.24) is 9.80 Å². The average Bonchev–Trinajstić information content (AvgIpc) is 3.21. The van der Waals surface area contributed by atoms with E-state index in [9.17, 15) is 0 Å². The highest BCUT2D eigenvalue weighted by Gasteiger charge is 2.26. The summed E-state index contributed by atoms with van der Waals surface area (Å²) in [6.07, 6.45) is 0. The number of morpholine rings is 1. The summed E-state index contributed by atoms with van der Waals surface area (Å²) in [7, 11) is 0. The van der Waals surface area contributed by atoms with Crippen LogP contribution in [0.4, 0.5) is 5.69 Å². The van der Waals surface area contributed by atoms with E-state index in [-0.39, 0.29) is 6.04 Å². The van der Waals surface area contributed by atoms with Crippen LogP contribution in [0.15, 0.2) is 45.8 Å². The molecule has 2 saturated heterocycles. The molecule has 0 aliphatic carbocycles. The first-order chi connectivity index (χ1) is 14.6. The molecule has 2 fully saturated rings. The lowest BCUT2D eigenvalue weighted by molar-refractivity contribution is 0.0135. The first-order valence-corrected chi connectivity index (χ1v) is 10.9. The Balaban J connectivity index is 1.37. The normalized spacial score (nSPS) is 19.9. The molecule has 2 aromatic rings. The summed E-state index contributed by atoms with van der Waals surface area (Å²) >= 11 is 6.00. The average molecular weight is 432 g/mol. The van der Waals surface area contributed by atoms with Gasteiger partial charge in [-0.15, -0.1) is 0 Å². The zero-order valence-electron chi connectivity index (χ0n) is 17.5. The minimum atomic E-state index is 0.0801. The number of nitrogens with zero attached hydrogens (tertiary/aromatic N) is 4.